The summed E-state index contributed by atoms with van der Waals surface area (Å²) in [6.07, 6.45) is 3.12. The van der Waals surface area contributed by atoms with E-state index >= 15 is 0 Å². The van der Waals surface area contributed by atoms with E-state index in [9.17, 15) is 4.79 Å². The van der Waals surface area contributed by atoms with E-state index in [1.54, 1.807) is 42.0 Å². The Balaban J connectivity index is 1.71. The molecular weight excluding hydrogens is 357 g/mol. The maximum absolute atomic E-state index is 12.1. The highest BCUT2D eigenvalue weighted by molar-refractivity contribution is 7.13. The summed E-state index contributed by atoms with van der Waals surface area (Å²) in [4.78, 5) is 24.2. The SMILES string of the molecule is O=C(NNc1ncccn1)c1csc(-c2ccc(Cl)c(Cl)c2)n1. The summed E-state index contributed by atoms with van der Waals surface area (Å²) in [5.41, 5.74) is 6.17. The lowest BCUT2D eigenvalue weighted by molar-refractivity contribution is 0.0958. The predicted octanol–water partition coefficient (Wildman–Crippen LogP) is 3.66. The van der Waals surface area contributed by atoms with Crippen LogP contribution in [0.5, 0.6) is 0 Å². The van der Waals surface area contributed by atoms with Crippen LogP contribution in [0.4, 0.5) is 5.95 Å². The topological polar surface area (TPSA) is 79.8 Å². The first-order valence-corrected chi connectivity index (χ1v) is 8.01. The van der Waals surface area contributed by atoms with Gasteiger partial charge >= 0.3 is 0 Å². The average molecular weight is 366 g/mol. The normalized spacial score (nSPS) is 10.3. The van der Waals surface area contributed by atoms with Crippen molar-refractivity contribution in [3.8, 4) is 10.6 Å². The van der Waals surface area contributed by atoms with Crippen LogP contribution in [0.2, 0.25) is 10.0 Å². The first-order chi connectivity index (χ1) is 11.1. The number of hydrogen-bond acceptors (Lipinski definition) is 6. The fraction of sp³-hybridized carbons (Fsp3) is 0. The van der Waals surface area contributed by atoms with Crippen molar-refractivity contribution in [1.29, 1.82) is 0 Å². The third-order valence-corrected chi connectivity index (χ3v) is 4.39. The van der Waals surface area contributed by atoms with Gasteiger partial charge in [0.05, 0.1) is 10.0 Å². The fourth-order valence-corrected chi connectivity index (χ4v) is 2.78. The number of anilines is 1. The van der Waals surface area contributed by atoms with Crippen molar-refractivity contribution in [2.75, 3.05) is 5.43 Å². The van der Waals surface area contributed by atoms with Gasteiger partial charge in [-0.2, -0.15) is 0 Å². The zero-order valence-electron chi connectivity index (χ0n) is 11.5. The van der Waals surface area contributed by atoms with Crippen LogP contribution in [0.25, 0.3) is 10.6 Å². The van der Waals surface area contributed by atoms with Crippen molar-refractivity contribution in [3.05, 3.63) is 57.8 Å². The van der Waals surface area contributed by atoms with Gasteiger partial charge in [-0.1, -0.05) is 29.3 Å². The Morgan fingerprint density at radius 1 is 1.13 bits per heavy atom. The van der Waals surface area contributed by atoms with E-state index in [1.807, 2.05) is 0 Å². The standard InChI is InChI=1S/C14H9Cl2N5OS/c15-9-3-2-8(6-10(9)16)13-19-11(7-23-13)12(22)20-21-14-17-4-1-5-18-14/h1-7H,(H,20,22)(H,17,18,21). The zero-order chi connectivity index (χ0) is 16.2. The summed E-state index contributed by atoms with van der Waals surface area (Å²) in [5.74, 6) is -0.0965. The quantitative estimate of drug-likeness (QED) is 0.689. The third-order valence-electron chi connectivity index (χ3n) is 2.76. The van der Waals surface area contributed by atoms with Crippen molar-refractivity contribution in [2.45, 2.75) is 0 Å². The van der Waals surface area contributed by atoms with Gasteiger partial charge < -0.3 is 0 Å². The molecule has 23 heavy (non-hydrogen) atoms. The number of nitrogens with one attached hydrogen (secondary N) is 2. The Morgan fingerprint density at radius 2 is 1.91 bits per heavy atom. The average Bonchev–Trinajstić information content (AvgIpc) is 3.06. The van der Waals surface area contributed by atoms with Gasteiger partial charge in [0, 0.05) is 23.3 Å². The van der Waals surface area contributed by atoms with Crippen LogP contribution in [0.15, 0.2) is 42.0 Å². The Kier molecular flexibility index (Phi) is 4.71. The van der Waals surface area contributed by atoms with Crippen LogP contribution in [-0.2, 0) is 0 Å². The number of rotatable bonds is 4. The van der Waals surface area contributed by atoms with E-state index in [0.29, 0.717) is 21.0 Å². The van der Waals surface area contributed by atoms with Gasteiger partial charge in [-0.3, -0.25) is 15.6 Å². The Bertz CT molecular complexity index is 840. The molecule has 116 valence electrons. The van der Waals surface area contributed by atoms with Gasteiger partial charge in [0.25, 0.3) is 5.91 Å². The fourth-order valence-electron chi connectivity index (χ4n) is 1.68. The zero-order valence-corrected chi connectivity index (χ0v) is 13.8. The van der Waals surface area contributed by atoms with Crippen LogP contribution in [0, 0.1) is 0 Å². The van der Waals surface area contributed by atoms with E-state index < -0.39 is 0 Å². The summed E-state index contributed by atoms with van der Waals surface area (Å²) in [6.45, 7) is 0. The monoisotopic (exact) mass is 365 g/mol. The number of halogens is 2. The van der Waals surface area contributed by atoms with Crippen LogP contribution in [0.3, 0.4) is 0 Å². The molecule has 0 aliphatic heterocycles. The number of hydrazine groups is 1. The number of thiazole rings is 1. The van der Waals surface area contributed by atoms with Gasteiger partial charge in [-0.25, -0.2) is 15.0 Å². The molecule has 0 radical (unpaired) electrons. The number of carbonyl (C=O) groups is 1. The number of aromatic nitrogens is 3. The minimum Gasteiger partial charge on any atom is -0.266 e. The number of hydrogen-bond donors (Lipinski definition) is 2. The van der Waals surface area contributed by atoms with Gasteiger partial charge in [0.2, 0.25) is 5.95 Å². The molecule has 0 saturated carbocycles. The molecule has 0 spiro atoms. The highest BCUT2D eigenvalue weighted by atomic mass is 35.5. The lowest BCUT2D eigenvalue weighted by atomic mass is 10.2. The van der Waals surface area contributed by atoms with Gasteiger partial charge in [-0.05, 0) is 18.2 Å². The van der Waals surface area contributed by atoms with Crippen molar-refractivity contribution in [2.24, 2.45) is 0 Å². The maximum Gasteiger partial charge on any atom is 0.289 e. The molecule has 0 atom stereocenters. The van der Waals surface area contributed by atoms with E-state index in [1.165, 1.54) is 11.3 Å². The molecule has 0 aliphatic carbocycles. The summed E-state index contributed by atoms with van der Waals surface area (Å²) in [5, 5.41) is 3.23. The van der Waals surface area contributed by atoms with Gasteiger partial charge in [0.15, 0.2) is 0 Å². The molecular formula is C14H9Cl2N5OS. The molecule has 2 N–H and O–H groups in total. The number of nitrogens with zero attached hydrogens (tertiary/aromatic N) is 3. The predicted molar refractivity (Wildman–Crippen MR) is 90.7 cm³/mol. The van der Waals surface area contributed by atoms with Crippen molar-refractivity contribution >= 4 is 46.4 Å². The number of carbonyl (C=O) groups excluding carboxylic acids is 1. The molecule has 3 aromatic rings. The lowest BCUT2D eigenvalue weighted by Crippen LogP contribution is -2.30. The summed E-state index contributed by atoms with van der Waals surface area (Å²) < 4.78 is 0. The van der Waals surface area contributed by atoms with E-state index in [4.69, 9.17) is 23.2 Å². The molecule has 9 heteroatoms. The molecule has 0 saturated heterocycles. The molecule has 1 amide bonds. The van der Waals surface area contributed by atoms with Crippen LogP contribution >= 0.6 is 34.5 Å². The first kappa shape index (κ1) is 15.7. The largest absolute Gasteiger partial charge is 0.289 e. The van der Waals surface area contributed by atoms with Gasteiger partial charge in [-0.15, -0.1) is 11.3 Å². The summed E-state index contributed by atoms with van der Waals surface area (Å²) in [6, 6.07) is 6.87. The molecule has 0 unspecified atom stereocenters. The second kappa shape index (κ2) is 6.91. The van der Waals surface area contributed by atoms with Crippen molar-refractivity contribution < 1.29 is 4.79 Å². The second-order valence-electron chi connectivity index (χ2n) is 4.32. The van der Waals surface area contributed by atoms with E-state index in [2.05, 4.69) is 25.8 Å². The molecule has 2 aromatic heterocycles. The van der Waals surface area contributed by atoms with Gasteiger partial charge in [0.1, 0.15) is 10.7 Å². The minimum atomic E-state index is -0.389. The van der Waals surface area contributed by atoms with E-state index in [-0.39, 0.29) is 11.6 Å². The Hall–Kier alpha value is -2.22. The lowest BCUT2D eigenvalue weighted by Gasteiger charge is -2.04. The maximum atomic E-state index is 12.1. The first-order valence-electron chi connectivity index (χ1n) is 6.38. The number of benzene rings is 1. The van der Waals surface area contributed by atoms with Crippen LogP contribution in [-0.4, -0.2) is 20.9 Å². The third kappa shape index (κ3) is 3.76. The van der Waals surface area contributed by atoms with Crippen LogP contribution in [0.1, 0.15) is 10.5 Å². The molecule has 1 aromatic carbocycles. The van der Waals surface area contributed by atoms with Crippen molar-refractivity contribution in [1.82, 2.24) is 20.4 Å². The second-order valence-corrected chi connectivity index (χ2v) is 5.99. The number of amides is 1. The molecule has 0 aliphatic rings. The molecule has 3 rings (SSSR count). The van der Waals surface area contributed by atoms with Crippen molar-refractivity contribution in [3.63, 3.8) is 0 Å². The Labute approximate surface area is 145 Å². The highest BCUT2D eigenvalue weighted by Crippen LogP contribution is 2.30. The minimum absolute atomic E-state index is 0.277. The molecule has 6 nitrogen and oxygen atoms in total. The summed E-state index contributed by atoms with van der Waals surface area (Å²) in [7, 11) is 0. The van der Waals surface area contributed by atoms with E-state index in [0.717, 1.165) is 5.56 Å². The molecule has 2 heterocycles. The van der Waals surface area contributed by atoms with Crippen LogP contribution < -0.4 is 10.9 Å². The molecule has 0 bridgehead atoms. The smallest absolute Gasteiger partial charge is 0.266 e. The highest BCUT2D eigenvalue weighted by Gasteiger charge is 2.12. The Morgan fingerprint density at radius 3 is 2.65 bits per heavy atom. The summed E-state index contributed by atoms with van der Waals surface area (Å²) >= 11 is 13.2. The molecule has 0 fully saturated rings.